The average molecular weight is 442 g/mol. The summed E-state index contributed by atoms with van der Waals surface area (Å²) < 4.78 is 13.4. The van der Waals surface area contributed by atoms with E-state index in [1.807, 2.05) is 40.1 Å². The maximum atomic E-state index is 13.4. The number of anilines is 1. The van der Waals surface area contributed by atoms with Crippen molar-refractivity contribution in [1.29, 1.82) is 0 Å². The van der Waals surface area contributed by atoms with E-state index in [0.29, 0.717) is 31.9 Å². The number of carbonyl (C=O) groups is 3. The second kappa shape index (κ2) is 10.8. The Hall–Kier alpha value is -3.30. The Morgan fingerprint density at radius 3 is 2.19 bits per heavy atom. The minimum atomic E-state index is -0.618. The number of urea groups is 1. The van der Waals surface area contributed by atoms with Crippen LogP contribution in [0.1, 0.15) is 18.5 Å². The van der Waals surface area contributed by atoms with Crippen molar-refractivity contribution in [3.63, 3.8) is 0 Å². The largest absolute Gasteiger partial charge is 0.341 e. The van der Waals surface area contributed by atoms with Crippen LogP contribution in [-0.4, -0.2) is 66.9 Å². The van der Waals surface area contributed by atoms with E-state index in [1.165, 1.54) is 19.2 Å². The Balaban J connectivity index is 1.64. The van der Waals surface area contributed by atoms with Crippen molar-refractivity contribution in [3.8, 4) is 0 Å². The second-order valence-electron chi connectivity index (χ2n) is 7.63. The summed E-state index contributed by atoms with van der Waals surface area (Å²) in [5.74, 6) is -1.03. The first-order valence-electron chi connectivity index (χ1n) is 10.5. The van der Waals surface area contributed by atoms with E-state index in [0.717, 1.165) is 5.56 Å². The van der Waals surface area contributed by atoms with Crippen LogP contribution in [0, 0.1) is 5.82 Å². The molecule has 4 amide bonds. The van der Waals surface area contributed by atoms with E-state index in [-0.39, 0.29) is 5.91 Å². The number of benzene rings is 2. The molecule has 1 heterocycles. The molecule has 1 aliphatic heterocycles. The van der Waals surface area contributed by atoms with Crippen LogP contribution in [0.2, 0.25) is 0 Å². The van der Waals surface area contributed by atoms with Gasteiger partial charge in [-0.25, -0.2) is 9.18 Å². The molecule has 1 aliphatic rings. The fourth-order valence-electron chi connectivity index (χ4n) is 3.77. The molecule has 0 aliphatic carbocycles. The van der Waals surface area contributed by atoms with Gasteiger partial charge in [-0.1, -0.05) is 36.4 Å². The number of nitrogens with zero attached hydrogens (tertiary/aromatic N) is 2. The van der Waals surface area contributed by atoms with Gasteiger partial charge in [0, 0.05) is 38.9 Å². The van der Waals surface area contributed by atoms with Gasteiger partial charge < -0.3 is 10.6 Å². The number of hydrogen-bond donors (Lipinski definition) is 3. The third kappa shape index (κ3) is 5.89. The molecular weight excluding hydrogens is 413 g/mol. The summed E-state index contributed by atoms with van der Waals surface area (Å²) in [6.07, 6.45) is 0. The lowest BCUT2D eigenvalue weighted by atomic mass is 10.0. The predicted molar refractivity (Wildman–Crippen MR) is 119 cm³/mol. The van der Waals surface area contributed by atoms with Gasteiger partial charge in [0.25, 0.3) is 0 Å². The molecule has 32 heavy (non-hydrogen) atoms. The zero-order valence-electron chi connectivity index (χ0n) is 18.2. The Kier molecular flexibility index (Phi) is 7.91. The van der Waals surface area contributed by atoms with Crippen LogP contribution in [0.25, 0.3) is 0 Å². The normalized spacial score (nSPS) is 16.6. The molecule has 3 N–H and O–H groups in total. The number of piperazine rings is 1. The first kappa shape index (κ1) is 23.4. The highest BCUT2D eigenvalue weighted by atomic mass is 19.1. The number of amides is 4. The van der Waals surface area contributed by atoms with Gasteiger partial charge in [-0.15, -0.1) is 0 Å². The topological polar surface area (TPSA) is 93.8 Å². The lowest BCUT2D eigenvalue weighted by Gasteiger charge is -2.40. The van der Waals surface area contributed by atoms with Crippen LogP contribution < -0.4 is 16.0 Å². The van der Waals surface area contributed by atoms with Gasteiger partial charge in [-0.05, 0) is 30.7 Å². The number of carbonyl (C=O) groups excluding carboxylic acids is 3. The maximum absolute atomic E-state index is 13.4. The van der Waals surface area contributed by atoms with Crippen LogP contribution in [0.5, 0.6) is 0 Å². The van der Waals surface area contributed by atoms with Crippen LogP contribution in [0.4, 0.5) is 14.9 Å². The van der Waals surface area contributed by atoms with E-state index in [4.69, 9.17) is 0 Å². The molecule has 0 spiro atoms. The van der Waals surface area contributed by atoms with Crippen LogP contribution >= 0.6 is 0 Å². The van der Waals surface area contributed by atoms with Crippen molar-refractivity contribution < 1.29 is 18.8 Å². The summed E-state index contributed by atoms with van der Waals surface area (Å²) in [6, 6.07) is 13.5. The van der Waals surface area contributed by atoms with Crippen molar-refractivity contribution in [3.05, 3.63) is 66.0 Å². The maximum Gasteiger partial charge on any atom is 0.321 e. The summed E-state index contributed by atoms with van der Waals surface area (Å²) in [5.41, 5.74) is 1.20. The number of imide groups is 1. The molecule has 2 unspecified atom stereocenters. The van der Waals surface area contributed by atoms with Crippen LogP contribution in [0.3, 0.4) is 0 Å². The van der Waals surface area contributed by atoms with Gasteiger partial charge in [0.1, 0.15) is 11.9 Å². The Morgan fingerprint density at radius 2 is 1.56 bits per heavy atom. The lowest BCUT2D eigenvalue weighted by Crippen LogP contribution is -2.55. The predicted octanol–water partition coefficient (Wildman–Crippen LogP) is 1.97. The number of rotatable bonds is 6. The van der Waals surface area contributed by atoms with Crippen LogP contribution in [-0.2, 0) is 9.59 Å². The van der Waals surface area contributed by atoms with Gasteiger partial charge in [-0.2, -0.15) is 0 Å². The molecule has 2 aromatic carbocycles. The van der Waals surface area contributed by atoms with Crippen LogP contribution in [0.15, 0.2) is 54.6 Å². The first-order valence-corrected chi connectivity index (χ1v) is 10.5. The third-order valence-corrected chi connectivity index (χ3v) is 5.56. The molecule has 1 fully saturated rings. The molecule has 3 rings (SSSR count). The Bertz CT molecular complexity index is 948. The van der Waals surface area contributed by atoms with Crippen molar-refractivity contribution in [2.24, 2.45) is 0 Å². The minimum absolute atomic E-state index is 0.221. The molecule has 0 saturated carbocycles. The second-order valence-corrected chi connectivity index (χ2v) is 7.63. The summed E-state index contributed by atoms with van der Waals surface area (Å²) in [4.78, 5) is 41.2. The molecule has 170 valence electrons. The van der Waals surface area contributed by atoms with Gasteiger partial charge in [0.2, 0.25) is 11.8 Å². The smallest absolute Gasteiger partial charge is 0.321 e. The van der Waals surface area contributed by atoms with E-state index in [1.54, 1.807) is 19.1 Å². The van der Waals surface area contributed by atoms with E-state index >= 15 is 0 Å². The highest BCUT2D eigenvalue weighted by molar-refractivity contribution is 5.97. The van der Waals surface area contributed by atoms with Gasteiger partial charge in [0.15, 0.2) is 0 Å². The summed E-state index contributed by atoms with van der Waals surface area (Å²) in [7, 11) is 1.45. The number of nitrogens with one attached hydrogen (secondary N) is 3. The van der Waals surface area contributed by atoms with Crippen molar-refractivity contribution in [1.82, 2.24) is 20.4 Å². The van der Waals surface area contributed by atoms with E-state index < -0.39 is 29.8 Å². The molecule has 2 atom stereocenters. The highest BCUT2D eigenvalue weighted by Crippen LogP contribution is 2.23. The summed E-state index contributed by atoms with van der Waals surface area (Å²) >= 11 is 0. The first-order chi connectivity index (χ1) is 15.4. The molecule has 9 heteroatoms. The van der Waals surface area contributed by atoms with Gasteiger partial charge >= 0.3 is 6.03 Å². The zero-order chi connectivity index (χ0) is 23.1. The van der Waals surface area contributed by atoms with Crippen molar-refractivity contribution >= 4 is 23.5 Å². The monoisotopic (exact) mass is 441 g/mol. The molecule has 1 saturated heterocycles. The average Bonchev–Trinajstić information content (AvgIpc) is 2.80. The standard InChI is InChI=1S/C23H28FN5O3/c1-16(21(30)26-19-10-6-9-18(24)15-19)28-11-13-29(14-12-28)20(17-7-4-3-5-8-17)22(31)27-23(32)25-2/h3-10,15-16,20H,11-14H2,1-2H3,(H,26,30)(H2,25,27,31,32). The summed E-state index contributed by atoms with van der Waals surface area (Å²) in [6.45, 7) is 4.01. The quantitative estimate of drug-likeness (QED) is 0.637. The molecular formula is C23H28FN5O3. The Morgan fingerprint density at radius 1 is 0.906 bits per heavy atom. The molecule has 2 aromatic rings. The molecule has 0 bridgehead atoms. The highest BCUT2D eigenvalue weighted by Gasteiger charge is 2.33. The van der Waals surface area contributed by atoms with Crippen molar-refractivity contribution in [2.45, 2.75) is 19.0 Å². The minimum Gasteiger partial charge on any atom is -0.341 e. The van der Waals surface area contributed by atoms with E-state index in [9.17, 15) is 18.8 Å². The van der Waals surface area contributed by atoms with Gasteiger partial charge in [0.05, 0.1) is 6.04 Å². The molecule has 0 aromatic heterocycles. The van der Waals surface area contributed by atoms with Gasteiger partial charge in [-0.3, -0.25) is 24.7 Å². The van der Waals surface area contributed by atoms with E-state index in [2.05, 4.69) is 16.0 Å². The third-order valence-electron chi connectivity index (χ3n) is 5.56. The SMILES string of the molecule is CNC(=O)NC(=O)C(c1ccccc1)N1CCN(C(C)C(=O)Nc2cccc(F)c2)CC1. The fourth-order valence-corrected chi connectivity index (χ4v) is 3.77. The lowest BCUT2D eigenvalue weighted by molar-refractivity contribution is -0.128. The Labute approximate surface area is 186 Å². The molecule has 8 nitrogen and oxygen atoms in total. The zero-order valence-corrected chi connectivity index (χ0v) is 18.2. The van der Waals surface area contributed by atoms with Crippen molar-refractivity contribution in [2.75, 3.05) is 38.5 Å². The fraction of sp³-hybridized carbons (Fsp3) is 0.348. The summed E-state index contributed by atoms with van der Waals surface area (Å²) in [5, 5.41) is 7.51. The number of halogens is 1. The molecule has 0 radical (unpaired) electrons. The number of hydrogen-bond acceptors (Lipinski definition) is 5.